The third kappa shape index (κ3) is 2.61. The SMILES string of the molecule is COc1ccc(Cl)c(-c2cc(C(=O)O)c[nH]c2=O)c1. The third-order valence-corrected chi connectivity index (χ3v) is 2.94. The summed E-state index contributed by atoms with van der Waals surface area (Å²) in [5, 5.41) is 9.28. The zero-order chi connectivity index (χ0) is 14.0. The molecule has 6 heteroatoms. The maximum Gasteiger partial charge on any atom is 0.337 e. The first-order valence-corrected chi connectivity index (χ1v) is 5.70. The molecular formula is C13H10ClNO4. The number of hydrogen-bond acceptors (Lipinski definition) is 3. The molecule has 0 amide bonds. The summed E-state index contributed by atoms with van der Waals surface area (Å²) >= 11 is 6.04. The molecule has 0 aliphatic heterocycles. The number of aromatic carboxylic acids is 1. The van der Waals surface area contributed by atoms with Crippen LogP contribution in [0.2, 0.25) is 5.02 Å². The Morgan fingerprint density at radius 2 is 2.05 bits per heavy atom. The third-order valence-electron chi connectivity index (χ3n) is 2.61. The van der Waals surface area contributed by atoms with E-state index in [9.17, 15) is 9.59 Å². The second kappa shape index (κ2) is 5.16. The van der Waals surface area contributed by atoms with E-state index in [2.05, 4.69) is 4.98 Å². The monoisotopic (exact) mass is 279 g/mol. The molecular weight excluding hydrogens is 270 g/mol. The van der Waals surface area contributed by atoms with E-state index in [4.69, 9.17) is 21.4 Å². The molecule has 0 atom stereocenters. The maximum absolute atomic E-state index is 11.8. The lowest BCUT2D eigenvalue weighted by Crippen LogP contribution is -2.11. The van der Waals surface area contributed by atoms with Gasteiger partial charge in [0.15, 0.2) is 0 Å². The van der Waals surface area contributed by atoms with Crippen molar-refractivity contribution in [2.45, 2.75) is 0 Å². The molecule has 98 valence electrons. The molecule has 0 fully saturated rings. The fourth-order valence-corrected chi connectivity index (χ4v) is 1.86. The van der Waals surface area contributed by atoms with E-state index in [1.807, 2.05) is 0 Å². The fraction of sp³-hybridized carbons (Fsp3) is 0.0769. The van der Waals surface area contributed by atoms with Crippen molar-refractivity contribution in [1.82, 2.24) is 4.98 Å². The summed E-state index contributed by atoms with van der Waals surface area (Å²) in [6, 6.07) is 6.10. The van der Waals surface area contributed by atoms with Gasteiger partial charge in [-0.15, -0.1) is 0 Å². The highest BCUT2D eigenvalue weighted by Crippen LogP contribution is 2.29. The van der Waals surface area contributed by atoms with Crippen molar-refractivity contribution in [2.24, 2.45) is 0 Å². The number of aromatic nitrogens is 1. The van der Waals surface area contributed by atoms with Crippen molar-refractivity contribution in [2.75, 3.05) is 7.11 Å². The van der Waals surface area contributed by atoms with Gasteiger partial charge in [0.05, 0.1) is 12.7 Å². The first kappa shape index (κ1) is 13.2. The smallest absolute Gasteiger partial charge is 0.337 e. The average molecular weight is 280 g/mol. The van der Waals surface area contributed by atoms with Crippen LogP contribution in [0.5, 0.6) is 5.75 Å². The molecule has 2 rings (SSSR count). The Labute approximate surface area is 113 Å². The normalized spacial score (nSPS) is 10.2. The van der Waals surface area contributed by atoms with Gasteiger partial charge in [-0.05, 0) is 24.3 Å². The molecule has 0 spiro atoms. The van der Waals surface area contributed by atoms with E-state index in [1.54, 1.807) is 18.2 Å². The topological polar surface area (TPSA) is 79.4 Å². The lowest BCUT2D eigenvalue weighted by molar-refractivity contribution is 0.0696. The number of benzene rings is 1. The van der Waals surface area contributed by atoms with Crippen molar-refractivity contribution >= 4 is 17.6 Å². The predicted molar refractivity (Wildman–Crippen MR) is 71.0 cm³/mol. The minimum atomic E-state index is -1.13. The highest BCUT2D eigenvalue weighted by atomic mass is 35.5. The molecule has 0 aliphatic carbocycles. The zero-order valence-corrected chi connectivity index (χ0v) is 10.7. The standard InChI is InChI=1S/C13H10ClNO4/c1-19-8-2-3-11(14)9(5-8)10-4-7(13(17)18)6-15-12(10)16/h2-6H,1H3,(H,15,16)(H,17,18). The van der Waals surface area contributed by atoms with Gasteiger partial charge in [-0.3, -0.25) is 4.79 Å². The van der Waals surface area contributed by atoms with Gasteiger partial charge in [-0.25, -0.2) is 4.79 Å². The van der Waals surface area contributed by atoms with Crippen LogP contribution in [0.15, 0.2) is 35.3 Å². The molecule has 0 saturated heterocycles. The van der Waals surface area contributed by atoms with Crippen LogP contribution in [0.3, 0.4) is 0 Å². The van der Waals surface area contributed by atoms with E-state index < -0.39 is 11.5 Å². The molecule has 1 aromatic heterocycles. The van der Waals surface area contributed by atoms with Crippen LogP contribution in [0, 0.1) is 0 Å². The lowest BCUT2D eigenvalue weighted by Gasteiger charge is -2.07. The molecule has 0 unspecified atom stereocenters. The minimum absolute atomic E-state index is 0.0199. The van der Waals surface area contributed by atoms with Gasteiger partial charge in [0.25, 0.3) is 5.56 Å². The molecule has 2 N–H and O–H groups in total. The Hall–Kier alpha value is -2.27. The van der Waals surface area contributed by atoms with Crippen molar-refractivity contribution in [3.8, 4) is 16.9 Å². The highest BCUT2D eigenvalue weighted by molar-refractivity contribution is 6.33. The van der Waals surface area contributed by atoms with Gasteiger partial charge < -0.3 is 14.8 Å². The van der Waals surface area contributed by atoms with Crippen molar-refractivity contribution in [3.05, 3.63) is 51.4 Å². The summed E-state index contributed by atoms with van der Waals surface area (Å²) in [6.45, 7) is 0. The van der Waals surface area contributed by atoms with Crippen LogP contribution in [-0.2, 0) is 0 Å². The summed E-state index contributed by atoms with van der Waals surface area (Å²) in [7, 11) is 1.49. The van der Waals surface area contributed by atoms with Gasteiger partial charge in [-0.2, -0.15) is 0 Å². The molecule has 1 aromatic carbocycles. The maximum atomic E-state index is 11.8. The summed E-state index contributed by atoms with van der Waals surface area (Å²) in [6.07, 6.45) is 1.14. The Bertz CT molecular complexity index is 693. The minimum Gasteiger partial charge on any atom is -0.497 e. The summed E-state index contributed by atoms with van der Waals surface area (Å²) in [5.74, 6) is -0.601. The number of pyridine rings is 1. The van der Waals surface area contributed by atoms with E-state index in [1.165, 1.54) is 13.2 Å². The van der Waals surface area contributed by atoms with Crippen LogP contribution < -0.4 is 10.3 Å². The quantitative estimate of drug-likeness (QED) is 0.904. The van der Waals surface area contributed by atoms with Crippen LogP contribution >= 0.6 is 11.6 Å². The summed E-state index contributed by atoms with van der Waals surface area (Å²) in [4.78, 5) is 25.1. The number of halogens is 1. The lowest BCUT2D eigenvalue weighted by atomic mass is 10.1. The van der Waals surface area contributed by atoms with E-state index >= 15 is 0 Å². The number of H-pyrrole nitrogens is 1. The van der Waals surface area contributed by atoms with Crippen LogP contribution in [-0.4, -0.2) is 23.2 Å². The number of methoxy groups -OCH3 is 1. The highest BCUT2D eigenvalue weighted by Gasteiger charge is 2.12. The number of hydrogen-bond donors (Lipinski definition) is 2. The number of aromatic amines is 1. The van der Waals surface area contributed by atoms with E-state index in [0.29, 0.717) is 16.3 Å². The molecule has 19 heavy (non-hydrogen) atoms. The Morgan fingerprint density at radius 1 is 1.32 bits per heavy atom. The largest absolute Gasteiger partial charge is 0.497 e. The van der Waals surface area contributed by atoms with Crippen molar-refractivity contribution in [1.29, 1.82) is 0 Å². The number of ether oxygens (including phenoxy) is 1. The molecule has 1 heterocycles. The number of carbonyl (C=O) groups is 1. The predicted octanol–water partition coefficient (Wildman–Crippen LogP) is 2.40. The van der Waals surface area contributed by atoms with E-state index in [0.717, 1.165) is 6.20 Å². The molecule has 2 aromatic rings. The number of nitrogens with one attached hydrogen (secondary N) is 1. The number of carboxylic acid groups (broad SMARTS) is 1. The van der Waals surface area contributed by atoms with Crippen molar-refractivity contribution in [3.63, 3.8) is 0 Å². The van der Waals surface area contributed by atoms with Crippen LogP contribution in [0.4, 0.5) is 0 Å². The molecule has 0 aliphatic rings. The second-order valence-corrected chi connectivity index (χ2v) is 4.19. The van der Waals surface area contributed by atoms with Crippen LogP contribution in [0.1, 0.15) is 10.4 Å². The van der Waals surface area contributed by atoms with Gasteiger partial charge >= 0.3 is 5.97 Å². The molecule has 5 nitrogen and oxygen atoms in total. The van der Waals surface area contributed by atoms with Crippen molar-refractivity contribution < 1.29 is 14.6 Å². The average Bonchev–Trinajstić information content (AvgIpc) is 2.40. The van der Waals surface area contributed by atoms with Gasteiger partial charge in [0, 0.05) is 22.3 Å². The summed E-state index contributed by atoms with van der Waals surface area (Å²) < 4.78 is 5.06. The van der Waals surface area contributed by atoms with Crippen LogP contribution in [0.25, 0.3) is 11.1 Å². The van der Waals surface area contributed by atoms with E-state index in [-0.39, 0.29) is 11.1 Å². The van der Waals surface area contributed by atoms with Gasteiger partial charge in [0.2, 0.25) is 0 Å². The van der Waals surface area contributed by atoms with Gasteiger partial charge in [0.1, 0.15) is 5.75 Å². The fourth-order valence-electron chi connectivity index (χ4n) is 1.65. The number of rotatable bonds is 3. The Balaban J connectivity index is 2.67. The first-order chi connectivity index (χ1) is 9.02. The number of carboxylic acids is 1. The Kier molecular flexibility index (Phi) is 3.57. The summed E-state index contributed by atoms with van der Waals surface area (Å²) in [5.41, 5.74) is 0.169. The first-order valence-electron chi connectivity index (χ1n) is 5.33. The second-order valence-electron chi connectivity index (χ2n) is 3.78. The molecule has 0 radical (unpaired) electrons. The van der Waals surface area contributed by atoms with Gasteiger partial charge in [-0.1, -0.05) is 11.6 Å². The zero-order valence-electron chi connectivity index (χ0n) is 9.94. The Morgan fingerprint density at radius 3 is 2.68 bits per heavy atom. The molecule has 0 bridgehead atoms. The molecule has 0 saturated carbocycles.